The van der Waals surface area contributed by atoms with Crippen LogP contribution in [0.3, 0.4) is 0 Å². The van der Waals surface area contributed by atoms with Crippen molar-refractivity contribution >= 4 is 5.91 Å². The Labute approximate surface area is 97.2 Å². The van der Waals surface area contributed by atoms with E-state index < -0.39 is 0 Å². The molecule has 0 unspecified atom stereocenters. The summed E-state index contributed by atoms with van der Waals surface area (Å²) in [4.78, 5) is 11.3. The maximum atomic E-state index is 11.3. The average Bonchev–Trinajstić information content (AvgIpc) is 2.28. The molecule has 1 aromatic carbocycles. The lowest BCUT2D eigenvalue weighted by Gasteiger charge is -2.13. The first-order chi connectivity index (χ1) is 7.72. The molecule has 0 fully saturated rings. The van der Waals surface area contributed by atoms with Gasteiger partial charge >= 0.3 is 0 Å². The van der Waals surface area contributed by atoms with Gasteiger partial charge in [-0.25, -0.2) is 0 Å². The summed E-state index contributed by atoms with van der Waals surface area (Å²) < 4.78 is 0. The molecule has 1 rings (SSSR count). The molecule has 0 radical (unpaired) electrons. The third kappa shape index (κ3) is 4.94. The van der Waals surface area contributed by atoms with Gasteiger partial charge in [0.05, 0.1) is 6.54 Å². The minimum absolute atomic E-state index is 0.0584. The third-order valence-electron chi connectivity index (χ3n) is 2.45. The molecular formula is C13H20N2O. The van der Waals surface area contributed by atoms with Crippen LogP contribution in [0.15, 0.2) is 30.3 Å². The maximum Gasteiger partial charge on any atom is 0.234 e. The molecule has 0 saturated carbocycles. The molecule has 2 N–H and O–H groups in total. The Morgan fingerprint density at radius 3 is 2.62 bits per heavy atom. The zero-order valence-electron chi connectivity index (χ0n) is 9.99. The van der Waals surface area contributed by atoms with Crippen molar-refractivity contribution in [3.63, 3.8) is 0 Å². The van der Waals surface area contributed by atoms with E-state index >= 15 is 0 Å². The molecule has 0 spiro atoms. The standard InChI is InChI=1S/C13H20N2O/c1-11(15-13(16)10-14-2)8-9-12-6-4-3-5-7-12/h3-7,11,14H,8-10H2,1-2H3,(H,15,16)/t11-/m1/s1. The molecule has 1 amide bonds. The van der Waals surface area contributed by atoms with Crippen molar-refractivity contribution in [1.29, 1.82) is 0 Å². The number of likely N-dealkylation sites (N-methyl/N-ethyl adjacent to an activating group) is 1. The summed E-state index contributed by atoms with van der Waals surface area (Å²) in [6, 6.07) is 10.5. The molecule has 3 heteroatoms. The van der Waals surface area contributed by atoms with Crippen LogP contribution in [0.25, 0.3) is 0 Å². The number of hydrogen-bond donors (Lipinski definition) is 2. The Balaban J connectivity index is 2.25. The van der Waals surface area contributed by atoms with Gasteiger partial charge in [-0.3, -0.25) is 4.79 Å². The molecular weight excluding hydrogens is 200 g/mol. The fraction of sp³-hybridized carbons (Fsp3) is 0.462. The number of carbonyl (C=O) groups is 1. The quantitative estimate of drug-likeness (QED) is 0.759. The summed E-state index contributed by atoms with van der Waals surface area (Å²) in [6.45, 7) is 2.42. The lowest BCUT2D eigenvalue weighted by atomic mass is 10.1. The van der Waals surface area contributed by atoms with Crippen LogP contribution in [0.5, 0.6) is 0 Å². The monoisotopic (exact) mass is 220 g/mol. The summed E-state index contributed by atoms with van der Waals surface area (Å²) in [6.07, 6.45) is 1.97. The number of amides is 1. The molecule has 0 heterocycles. The number of nitrogens with one attached hydrogen (secondary N) is 2. The summed E-state index contributed by atoms with van der Waals surface area (Å²) in [7, 11) is 1.77. The van der Waals surface area contributed by atoms with E-state index in [9.17, 15) is 4.79 Å². The van der Waals surface area contributed by atoms with E-state index in [0.29, 0.717) is 6.54 Å². The second kappa shape index (κ2) is 7.01. The first-order valence-electron chi connectivity index (χ1n) is 5.70. The SMILES string of the molecule is CNCC(=O)N[C@H](C)CCc1ccccc1. The van der Waals surface area contributed by atoms with E-state index in [1.807, 2.05) is 25.1 Å². The van der Waals surface area contributed by atoms with Gasteiger partial charge in [-0.1, -0.05) is 30.3 Å². The summed E-state index contributed by atoms with van der Waals surface area (Å²) in [5, 5.41) is 5.78. The van der Waals surface area contributed by atoms with Crippen molar-refractivity contribution in [2.45, 2.75) is 25.8 Å². The van der Waals surface area contributed by atoms with Crippen molar-refractivity contribution in [3.8, 4) is 0 Å². The molecule has 0 aromatic heterocycles. The van der Waals surface area contributed by atoms with Gasteiger partial charge in [0, 0.05) is 6.04 Å². The van der Waals surface area contributed by atoms with Gasteiger partial charge in [0.1, 0.15) is 0 Å². The van der Waals surface area contributed by atoms with Crippen LogP contribution in [0, 0.1) is 0 Å². The van der Waals surface area contributed by atoms with E-state index in [0.717, 1.165) is 12.8 Å². The minimum atomic E-state index is 0.0584. The molecule has 1 aromatic rings. The van der Waals surface area contributed by atoms with Gasteiger partial charge in [0.15, 0.2) is 0 Å². The highest BCUT2D eigenvalue weighted by Gasteiger charge is 2.05. The number of benzene rings is 1. The first-order valence-corrected chi connectivity index (χ1v) is 5.70. The molecule has 16 heavy (non-hydrogen) atoms. The fourth-order valence-electron chi connectivity index (χ4n) is 1.59. The van der Waals surface area contributed by atoms with Gasteiger partial charge in [-0.2, -0.15) is 0 Å². The number of carbonyl (C=O) groups excluding carboxylic acids is 1. The van der Waals surface area contributed by atoms with Crippen LogP contribution < -0.4 is 10.6 Å². The van der Waals surface area contributed by atoms with Gasteiger partial charge in [-0.05, 0) is 32.4 Å². The van der Waals surface area contributed by atoms with Crippen molar-refractivity contribution in [2.24, 2.45) is 0 Å². The fourth-order valence-corrected chi connectivity index (χ4v) is 1.59. The zero-order chi connectivity index (χ0) is 11.8. The van der Waals surface area contributed by atoms with Gasteiger partial charge in [0.25, 0.3) is 0 Å². The van der Waals surface area contributed by atoms with Gasteiger partial charge in [-0.15, -0.1) is 0 Å². The molecule has 88 valence electrons. The van der Waals surface area contributed by atoms with Crippen LogP contribution in [0.4, 0.5) is 0 Å². The summed E-state index contributed by atoms with van der Waals surface area (Å²) in [5.41, 5.74) is 1.32. The first kappa shape index (κ1) is 12.7. The maximum absolute atomic E-state index is 11.3. The zero-order valence-corrected chi connectivity index (χ0v) is 9.99. The van der Waals surface area contributed by atoms with Gasteiger partial charge in [0.2, 0.25) is 5.91 Å². The second-order valence-electron chi connectivity index (χ2n) is 4.02. The van der Waals surface area contributed by atoms with E-state index in [1.54, 1.807) is 7.05 Å². The number of hydrogen-bond acceptors (Lipinski definition) is 2. The van der Waals surface area contributed by atoms with Gasteiger partial charge < -0.3 is 10.6 Å². The summed E-state index contributed by atoms with van der Waals surface area (Å²) >= 11 is 0. The minimum Gasteiger partial charge on any atom is -0.353 e. The van der Waals surface area contributed by atoms with Crippen LogP contribution >= 0.6 is 0 Å². The van der Waals surface area contributed by atoms with Crippen molar-refractivity contribution in [1.82, 2.24) is 10.6 Å². The van der Waals surface area contributed by atoms with Crippen LogP contribution in [-0.4, -0.2) is 25.5 Å². The molecule has 0 aliphatic carbocycles. The smallest absolute Gasteiger partial charge is 0.234 e. The Kier molecular flexibility index (Phi) is 5.57. The normalized spacial score (nSPS) is 12.1. The van der Waals surface area contributed by atoms with E-state index in [1.165, 1.54) is 5.56 Å². The van der Waals surface area contributed by atoms with E-state index in [4.69, 9.17) is 0 Å². The highest BCUT2D eigenvalue weighted by molar-refractivity contribution is 5.78. The summed E-state index contributed by atoms with van der Waals surface area (Å²) in [5.74, 6) is 0.0584. The van der Waals surface area contributed by atoms with E-state index in [2.05, 4.69) is 22.8 Å². The lowest BCUT2D eigenvalue weighted by molar-refractivity contribution is -0.120. The number of aryl methyl sites for hydroxylation is 1. The number of rotatable bonds is 6. The molecule has 0 aliphatic rings. The Morgan fingerprint density at radius 1 is 1.31 bits per heavy atom. The topological polar surface area (TPSA) is 41.1 Å². The molecule has 3 nitrogen and oxygen atoms in total. The Hall–Kier alpha value is -1.35. The molecule has 1 atom stereocenters. The highest BCUT2D eigenvalue weighted by Crippen LogP contribution is 2.04. The third-order valence-corrected chi connectivity index (χ3v) is 2.45. The van der Waals surface area contributed by atoms with Crippen molar-refractivity contribution < 1.29 is 4.79 Å². The molecule has 0 aliphatic heterocycles. The largest absolute Gasteiger partial charge is 0.353 e. The van der Waals surface area contributed by atoms with Crippen LogP contribution in [-0.2, 0) is 11.2 Å². The van der Waals surface area contributed by atoms with E-state index in [-0.39, 0.29) is 11.9 Å². The average molecular weight is 220 g/mol. The van der Waals surface area contributed by atoms with Crippen LogP contribution in [0.2, 0.25) is 0 Å². The Morgan fingerprint density at radius 2 is 2.00 bits per heavy atom. The van der Waals surface area contributed by atoms with Crippen molar-refractivity contribution in [2.75, 3.05) is 13.6 Å². The van der Waals surface area contributed by atoms with Crippen LogP contribution in [0.1, 0.15) is 18.9 Å². The molecule has 0 bridgehead atoms. The second-order valence-corrected chi connectivity index (χ2v) is 4.02. The van der Waals surface area contributed by atoms with Crippen molar-refractivity contribution in [3.05, 3.63) is 35.9 Å². The predicted molar refractivity (Wildman–Crippen MR) is 66.3 cm³/mol. The lowest BCUT2D eigenvalue weighted by Crippen LogP contribution is -2.38. The highest BCUT2D eigenvalue weighted by atomic mass is 16.1. The molecule has 0 saturated heterocycles. The Bertz CT molecular complexity index is 311. The predicted octanol–water partition coefficient (Wildman–Crippen LogP) is 1.34.